The number of nitrogens with one attached hydrogen (secondary N) is 1. The molecule has 218 valence electrons. The number of hydrogen-bond acceptors (Lipinski definition) is 11. The van der Waals surface area contributed by atoms with Crippen molar-refractivity contribution in [2.45, 2.75) is 63.1 Å². The van der Waals surface area contributed by atoms with Gasteiger partial charge in [0.05, 0.1) is 23.5 Å². The van der Waals surface area contributed by atoms with E-state index in [4.69, 9.17) is 10.5 Å². The number of carbonyl (C=O) groups is 4. The van der Waals surface area contributed by atoms with Crippen LogP contribution in [0.3, 0.4) is 0 Å². The quantitative estimate of drug-likeness (QED) is 0.192. The lowest BCUT2D eigenvalue weighted by molar-refractivity contribution is -0.199. The Balaban J connectivity index is 1.90. The molecule has 2 saturated carbocycles. The van der Waals surface area contributed by atoms with Crippen LogP contribution in [0.5, 0.6) is 5.75 Å². The number of phenolic OH excluding ortho intramolecular Hbond substituents is 1. The number of aromatic hydroxyl groups is 1. The largest absolute Gasteiger partial charge is 0.507 e. The lowest BCUT2D eigenvalue weighted by atomic mass is 9.52. The summed E-state index contributed by atoms with van der Waals surface area (Å²) in [6.07, 6.45) is -4.29. The van der Waals surface area contributed by atoms with E-state index in [0.717, 1.165) is 0 Å². The summed E-state index contributed by atoms with van der Waals surface area (Å²) in [6, 6.07) is 1.62. The molecule has 2 fully saturated rings. The highest BCUT2D eigenvalue weighted by Gasteiger charge is 2.71. The highest BCUT2D eigenvalue weighted by atomic mass is 16.6. The zero-order valence-electron chi connectivity index (χ0n) is 23.0. The molecule has 1 aromatic carbocycles. The van der Waals surface area contributed by atoms with Gasteiger partial charge in [-0.05, 0) is 52.4 Å². The van der Waals surface area contributed by atoms with E-state index in [1.807, 2.05) is 0 Å². The van der Waals surface area contributed by atoms with E-state index in [9.17, 15) is 44.7 Å². The molecular weight excluding hydrogens is 526 g/mol. The summed E-state index contributed by atoms with van der Waals surface area (Å²) in [5.74, 6) is -10.8. The maximum absolute atomic E-state index is 14.0. The number of aliphatic hydroxyl groups excluding tert-OH is 3. The zero-order valence-corrected chi connectivity index (χ0v) is 23.0. The van der Waals surface area contributed by atoms with Crippen molar-refractivity contribution in [2.24, 2.45) is 23.5 Å². The first kappa shape index (κ1) is 29.5. The third-order valence-electron chi connectivity index (χ3n) is 8.13. The van der Waals surface area contributed by atoms with Crippen molar-refractivity contribution >= 4 is 35.0 Å². The molecular formula is C27H35N3O10. The molecule has 2 amide bonds. The van der Waals surface area contributed by atoms with Crippen LogP contribution >= 0.6 is 0 Å². The summed E-state index contributed by atoms with van der Waals surface area (Å²) in [6.45, 7) is 6.55. The van der Waals surface area contributed by atoms with E-state index in [-0.39, 0.29) is 11.3 Å². The van der Waals surface area contributed by atoms with Crippen LogP contribution in [0.2, 0.25) is 0 Å². The number of ketones is 2. The van der Waals surface area contributed by atoms with Gasteiger partial charge in [-0.2, -0.15) is 0 Å². The van der Waals surface area contributed by atoms with Crippen molar-refractivity contribution in [1.29, 1.82) is 0 Å². The number of aliphatic hydroxyl groups is 4. The van der Waals surface area contributed by atoms with Crippen molar-refractivity contribution in [1.82, 2.24) is 4.90 Å². The van der Waals surface area contributed by atoms with Gasteiger partial charge in [-0.15, -0.1) is 0 Å². The van der Waals surface area contributed by atoms with Gasteiger partial charge >= 0.3 is 6.09 Å². The second kappa shape index (κ2) is 9.54. The standard InChI is InChI=1S/C27H35N3O10/c1-9-10-7-8-11(29-25(38)40-26(2,3)4)18(31)13(10)19(32)14-12(9)20(33)16-17(30(5)6)21(34)15(24(28)37)23(36)27(16,39)22(14)35/h7-9,12,15-17,20-21,31-34,39H,1-6H3,(H2,28,37)(H,29,38)/t9-,12+,15?,16+,17-,20-,21?,27-/m0/s1. The maximum atomic E-state index is 14.0. The minimum atomic E-state index is -3.02. The first-order valence-electron chi connectivity index (χ1n) is 12.8. The van der Waals surface area contributed by atoms with Crippen LogP contribution in [-0.2, 0) is 19.1 Å². The Labute approximate surface area is 230 Å². The number of nitrogens with two attached hydrogens (primary N) is 1. The summed E-state index contributed by atoms with van der Waals surface area (Å²) in [7, 11) is 2.97. The van der Waals surface area contributed by atoms with Crippen molar-refractivity contribution < 1.29 is 49.4 Å². The van der Waals surface area contributed by atoms with Crippen molar-refractivity contribution in [3.8, 4) is 5.75 Å². The minimum Gasteiger partial charge on any atom is -0.507 e. The molecule has 0 aliphatic heterocycles. The number of anilines is 1. The molecule has 13 heteroatoms. The van der Waals surface area contributed by atoms with E-state index < -0.39 is 93.8 Å². The molecule has 0 spiro atoms. The Morgan fingerprint density at radius 1 is 1.10 bits per heavy atom. The summed E-state index contributed by atoms with van der Waals surface area (Å²) in [4.78, 5) is 53.3. The smallest absolute Gasteiger partial charge is 0.412 e. The average molecular weight is 562 g/mol. The minimum absolute atomic E-state index is 0.149. The molecule has 8 N–H and O–H groups in total. The third kappa shape index (κ3) is 4.15. The Kier molecular flexibility index (Phi) is 7.03. The molecule has 0 bridgehead atoms. The Morgan fingerprint density at radius 3 is 2.23 bits per heavy atom. The van der Waals surface area contributed by atoms with Crippen LogP contribution in [0.1, 0.15) is 44.7 Å². The van der Waals surface area contributed by atoms with Gasteiger partial charge in [-0.1, -0.05) is 13.0 Å². The first-order chi connectivity index (χ1) is 18.4. The lowest BCUT2D eigenvalue weighted by Crippen LogP contribution is -2.76. The second-order valence-electron chi connectivity index (χ2n) is 11.9. The van der Waals surface area contributed by atoms with E-state index in [2.05, 4.69) is 5.32 Å². The van der Waals surface area contributed by atoms with E-state index in [1.54, 1.807) is 27.7 Å². The van der Waals surface area contributed by atoms with E-state index >= 15 is 0 Å². The molecule has 8 atom stereocenters. The van der Waals surface area contributed by atoms with Gasteiger partial charge in [0.2, 0.25) is 11.7 Å². The molecule has 4 rings (SSSR count). The normalized spacial score (nSPS) is 33.7. The van der Waals surface area contributed by atoms with Crippen molar-refractivity contribution in [2.75, 3.05) is 19.4 Å². The number of fused-ring (bicyclic) bond motifs is 3. The number of phenols is 1. The number of benzene rings is 1. The molecule has 40 heavy (non-hydrogen) atoms. The molecule has 2 unspecified atom stereocenters. The van der Waals surface area contributed by atoms with Gasteiger partial charge in [0, 0.05) is 23.5 Å². The van der Waals surface area contributed by atoms with Crippen LogP contribution in [0.25, 0.3) is 5.76 Å². The fourth-order valence-corrected chi connectivity index (χ4v) is 6.49. The number of ether oxygens (including phenoxy) is 1. The fraction of sp³-hybridized carbons (Fsp3) is 0.556. The van der Waals surface area contributed by atoms with Gasteiger partial charge in [0.15, 0.2) is 11.4 Å². The third-order valence-corrected chi connectivity index (χ3v) is 8.13. The van der Waals surface area contributed by atoms with Crippen molar-refractivity contribution in [3.05, 3.63) is 28.8 Å². The second-order valence-corrected chi connectivity index (χ2v) is 11.9. The number of primary amides is 1. The van der Waals surface area contributed by atoms with Crippen LogP contribution in [0, 0.1) is 17.8 Å². The predicted molar refractivity (Wildman–Crippen MR) is 140 cm³/mol. The lowest BCUT2D eigenvalue weighted by Gasteiger charge is -2.56. The summed E-state index contributed by atoms with van der Waals surface area (Å²) in [5, 5.41) is 59.1. The topological polar surface area (TPSA) is 220 Å². The number of nitrogens with zero attached hydrogens (tertiary/aromatic N) is 1. The van der Waals surface area contributed by atoms with Crippen LogP contribution in [0.15, 0.2) is 17.7 Å². The highest BCUT2D eigenvalue weighted by molar-refractivity contribution is 6.25. The number of Topliss-reactive ketones (excluding diaryl/α,β-unsaturated/α-hetero) is 2. The summed E-state index contributed by atoms with van der Waals surface area (Å²) in [5.41, 5.74) is 0.900. The van der Waals surface area contributed by atoms with Gasteiger partial charge in [0.1, 0.15) is 23.0 Å². The molecule has 0 aromatic heterocycles. The SMILES string of the molecule is C[C@H]1c2ccc(NC(=O)OC(C)(C)C)c(O)c2C(O)=C2C(=O)[C@]3(O)C(=O)C(C(N)=O)C(O)[C@@H](N(C)C)[C@@H]3[C@@H](O)[C@@H]21. The molecule has 0 heterocycles. The van der Waals surface area contributed by atoms with E-state index in [1.165, 1.54) is 31.1 Å². The van der Waals surface area contributed by atoms with Gasteiger partial charge < -0.3 is 40.9 Å². The monoisotopic (exact) mass is 561 g/mol. The van der Waals surface area contributed by atoms with Crippen LogP contribution in [0.4, 0.5) is 10.5 Å². The number of likely N-dealkylation sites (N-methyl/N-ethyl adjacent to an activating group) is 1. The molecule has 0 radical (unpaired) electrons. The molecule has 1 aromatic rings. The molecule has 13 nitrogen and oxygen atoms in total. The van der Waals surface area contributed by atoms with Gasteiger partial charge in [-0.25, -0.2) is 4.79 Å². The van der Waals surface area contributed by atoms with Crippen LogP contribution < -0.4 is 11.1 Å². The van der Waals surface area contributed by atoms with Crippen molar-refractivity contribution in [3.63, 3.8) is 0 Å². The predicted octanol–water partition coefficient (Wildman–Crippen LogP) is 0.00780. The molecule has 0 saturated heterocycles. The molecule has 3 aliphatic rings. The summed E-state index contributed by atoms with van der Waals surface area (Å²) >= 11 is 0. The van der Waals surface area contributed by atoms with Gasteiger partial charge in [0.25, 0.3) is 0 Å². The number of carbonyl (C=O) groups excluding carboxylic acids is 4. The number of amides is 2. The van der Waals surface area contributed by atoms with Crippen LogP contribution in [-0.4, -0.2) is 97.5 Å². The Bertz CT molecular complexity index is 1330. The van der Waals surface area contributed by atoms with Gasteiger partial charge in [-0.3, -0.25) is 19.7 Å². The summed E-state index contributed by atoms with van der Waals surface area (Å²) < 4.78 is 5.20. The Morgan fingerprint density at radius 2 is 1.70 bits per heavy atom. The number of hydrogen-bond donors (Lipinski definition) is 7. The Hall–Kier alpha value is -3.52. The highest BCUT2D eigenvalue weighted by Crippen LogP contribution is 2.56. The number of rotatable bonds is 3. The molecule has 3 aliphatic carbocycles. The average Bonchev–Trinajstić information content (AvgIpc) is 2.81. The maximum Gasteiger partial charge on any atom is 0.412 e. The fourth-order valence-electron chi connectivity index (χ4n) is 6.49. The first-order valence-corrected chi connectivity index (χ1v) is 12.8. The zero-order chi connectivity index (χ0) is 30.2. The van der Waals surface area contributed by atoms with E-state index in [0.29, 0.717) is 5.56 Å².